The number of fused-ring (bicyclic) bond motifs is 1. The van der Waals surface area contributed by atoms with Gasteiger partial charge in [0.2, 0.25) is 0 Å². The maximum absolute atomic E-state index is 6.13. The zero-order valence-corrected chi connectivity index (χ0v) is 10.5. The van der Waals surface area contributed by atoms with Gasteiger partial charge in [-0.15, -0.1) is 0 Å². The van der Waals surface area contributed by atoms with Crippen LogP contribution in [0.15, 0.2) is 24.3 Å². The predicted molar refractivity (Wildman–Crippen MR) is 64.7 cm³/mol. The monoisotopic (exact) mass is 220 g/mol. The van der Waals surface area contributed by atoms with Crippen LogP contribution in [0.3, 0.4) is 0 Å². The Balaban J connectivity index is 2.39. The standard InChI is InChI=1S/C14H20O2/c1-10(2)14(3)9-13(15-4)11-7-5-6-8-12(11)16-14/h5-8,10,13H,9H2,1-4H3. The van der Waals surface area contributed by atoms with Crippen molar-refractivity contribution < 1.29 is 9.47 Å². The van der Waals surface area contributed by atoms with Crippen LogP contribution in [0.2, 0.25) is 0 Å². The molecule has 0 aliphatic carbocycles. The first-order valence-electron chi connectivity index (χ1n) is 5.87. The van der Waals surface area contributed by atoms with Crippen LogP contribution in [0.25, 0.3) is 0 Å². The average Bonchev–Trinajstić information content (AvgIpc) is 2.27. The first-order valence-corrected chi connectivity index (χ1v) is 5.87. The van der Waals surface area contributed by atoms with Crippen LogP contribution < -0.4 is 4.74 Å². The normalized spacial score (nSPS) is 28.7. The van der Waals surface area contributed by atoms with Crippen molar-refractivity contribution in [3.05, 3.63) is 29.8 Å². The highest BCUT2D eigenvalue weighted by Crippen LogP contribution is 2.43. The summed E-state index contributed by atoms with van der Waals surface area (Å²) in [7, 11) is 1.77. The molecule has 1 heterocycles. The fourth-order valence-corrected chi connectivity index (χ4v) is 2.17. The van der Waals surface area contributed by atoms with Gasteiger partial charge >= 0.3 is 0 Å². The van der Waals surface area contributed by atoms with E-state index in [1.807, 2.05) is 18.2 Å². The second kappa shape index (κ2) is 4.10. The lowest BCUT2D eigenvalue weighted by Gasteiger charge is -2.42. The van der Waals surface area contributed by atoms with Crippen molar-refractivity contribution in [1.29, 1.82) is 0 Å². The molecule has 2 heteroatoms. The van der Waals surface area contributed by atoms with Crippen molar-refractivity contribution in [3.63, 3.8) is 0 Å². The van der Waals surface area contributed by atoms with Gasteiger partial charge in [0.25, 0.3) is 0 Å². The number of hydrogen-bond acceptors (Lipinski definition) is 2. The molecule has 2 rings (SSSR count). The predicted octanol–water partition coefficient (Wildman–Crippen LogP) is 3.57. The molecule has 2 nitrogen and oxygen atoms in total. The minimum absolute atomic E-state index is 0.130. The summed E-state index contributed by atoms with van der Waals surface area (Å²) in [6.45, 7) is 6.56. The fraction of sp³-hybridized carbons (Fsp3) is 0.571. The van der Waals surface area contributed by atoms with Crippen molar-refractivity contribution in [2.75, 3.05) is 7.11 Å². The van der Waals surface area contributed by atoms with E-state index in [-0.39, 0.29) is 11.7 Å². The quantitative estimate of drug-likeness (QED) is 0.758. The van der Waals surface area contributed by atoms with Crippen molar-refractivity contribution in [2.24, 2.45) is 5.92 Å². The van der Waals surface area contributed by atoms with Crippen LogP contribution in [0, 0.1) is 5.92 Å². The van der Waals surface area contributed by atoms with Gasteiger partial charge in [-0.3, -0.25) is 0 Å². The van der Waals surface area contributed by atoms with E-state index in [1.165, 1.54) is 5.56 Å². The lowest BCUT2D eigenvalue weighted by molar-refractivity contribution is -0.0467. The summed E-state index contributed by atoms with van der Waals surface area (Å²) in [5.74, 6) is 1.44. The minimum Gasteiger partial charge on any atom is -0.487 e. The largest absolute Gasteiger partial charge is 0.487 e. The highest BCUT2D eigenvalue weighted by molar-refractivity contribution is 5.38. The molecule has 1 aromatic carbocycles. The van der Waals surface area contributed by atoms with Gasteiger partial charge < -0.3 is 9.47 Å². The van der Waals surface area contributed by atoms with Crippen LogP contribution >= 0.6 is 0 Å². The molecule has 16 heavy (non-hydrogen) atoms. The minimum atomic E-state index is -0.130. The summed E-state index contributed by atoms with van der Waals surface area (Å²) in [6.07, 6.45) is 1.07. The van der Waals surface area contributed by atoms with E-state index in [1.54, 1.807) is 7.11 Å². The first-order chi connectivity index (χ1) is 7.57. The summed E-state index contributed by atoms with van der Waals surface area (Å²) in [6, 6.07) is 8.16. The Labute approximate surface area is 97.6 Å². The number of ether oxygens (including phenoxy) is 2. The maximum Gasteiger partial charge on any atom is 0.125 e. The molecule has 1 aromatic rings. The molecule has 0 radical (unpaired) electrons. The van der Waals surface area contributed by atoms with Crippen LogP contribution in [-0.2, 0) is 4.74 Å². The molecule has 0 saturated heterocycles. The number of hydrogen-bond donors (Lipinski definition) is 0. The van der Waals surface area contributed by atoms with Gasteiger partial charge in [-0.1, -0.05) is 32.0 Å². The maximum atomic E-state index is 6.13. The average molecular weight is 220 g/mol. The van der Waals surface area contributed by atoms with Gasteiger partial charge in [0.15, 0.2) is 0 Å². The van der Waals surface area contributed by atoms with Crippen LogP contribution in [-0.4, -0.2) is 12.7 Å². The molecule has 1 aliphatic heterocycles. The van der Waals surface area contributed by atoms with Crippen molar-refractivity contribution in [3.8, 4) is 5.75 Å². The zero-order chi connectivity index (χ0) is 11.8. The molecule has 1 aliphatic rings. The third kappa shape index (κ3) is 1.82. The van der Waals surface area contributed by atoms with Gasteiger partial charge in [-0.05, 0) is 18.9 Å². The van der Waals surface area contributed by atoms with E-state index in [0.717, 1.165) is 12.2 Å². The summed E-state index contributed by atoms with van der Waals surface area (Å²) in [5, 5.41) is 0. The molecular weight excluding hydrogens is 200 g/mol. The van der Waals surface area contributed by atoms with E-state index in [4.69, 9.17) is 9.47 Å². The van der Waals surface area contributed by atoms with Gasteiger partial charge in [0, 0.05) is 19.1 Å². The summed E-state index contributed by atoms with van der Waals surface area (Å²) in [4.78, 5) is 0. The SMILES string of the molecule is COC1CC(C)(C(C)C)Oc2ccccc21. The van der Waals surface area contributed by atoms with Gasteiger partial charge in [0.05, 0.1) is 6.10 Å². The Bertz CT molecular complexity index is 373. The number of methoxy groups -OCH3 is 1. The summed E-state index contributed by atoms with van der Waals surface area (Å²) in [5.41, 5.74) is 1.04. The topological polar surface area (TPSA) is 18.5 Å². The third-order valence-corrected chi connectivity index (χ3v) is 3.71. The molecule has 2 atom stereocenters. The second-order valence-corrected chi connectivity index (χ2v) is 5.04. The van der Waals surface area contributed by atoms with E-state index >= 15 is 0 Å². The van der Waals surface area contributed by atoms with Crippen LogP contribution in [0.4, 0.5) is 0 Å². The van der Waals surface area contributed by atoms with Gasteiger partial charge in [-0.2, -0.15) is 0 Å². The number of para-hydroxylation sites is 1. The van der Waals surface area contributed by atoms with Crippen LogP contribution in [0.5, 0.6) is 5.75 Å². The lowest BCUT2D eigenvalue weighted by Crippen LogP contribution is -2.43. The van der Waals surface area contributed by atoms with E-state index in [9.17, 15) is 0 Å². The van der Waals surface area contributed by atoms with Crippen LogP contribution in [0.1, 0.15) is 38.9 Å². The first kappa shape index (κ1) is 11.5. The fourth-order valence-electron chi connectivity index (χ4n) is 2.17. The van der Waals surface area contributed by atoms with Crippen molar-refractivity contribution >= 4 is 0 Å². The van der Waals surface area contributed by atoms with E-state index in [2.05, 4.69) is 26.8 Å². The Hall–Kier alpha value is -1.02. The Kier molecular flexibility index (Phi) is 2.94. The molecule has 0 saturated carbocycles. The Morgan fingerprint density at radius 1 is 1.38 bits per heavy atom. The van der Waals surface area contributed by atoms with Crippen molar-refractivity contribution in [2.45, 2.75) is 38.9 Å². The number of rotatable bonds is 2. The van der Waals surface area contributed by atoms with Crippen molar-refractivity contribution in [1.82, 2.24) is 0 Å². The second-order valence-electron chi connectivity index (χ2n) is 5.04. The molecular formula is C14H20O2. The molecule has 0 bridgehead atoms. The highest BCUT2D eigenvalue weighted by Gasteiger charge is 2.39. The molecule has 0 amide bonds. The Morgan fingerprint density at radius 3 is 2.69 bits per heavy atom. The molecule has 88 valence electrons. The molecule has 0 spiro atoms. The Morgan fingerprint density at radius 2 is 2.06 bits per heavy atom. The third-order valence-electron chi connectivity index (χ3n) is 3.71. The summed E-state index contributed by atoms with van der Waals surface area (Å²) < 4.78 is 11.7. The number of benzene rings is 1. The lowest BCUT2D eigenvalue weighted by atomic mass is 9.82. The zero-order valence-electron chi connectivity index (χ0n) is 10.5. The molecule has 0 N–H and O–H groups in total. The molecule has 0 fully saturated rings. The smallest absolute Gasteiger partial charge is 0.125 e. The summed E-state index contributed by atoms with van der Waals surface area (Å²) >= 11 is 0. The van der Waals surface area contributed by atoms with E-state index < -0.39 is 0 Å². The van der Waals surface area contributed by atoms with Gasteiger partial charge in [-0.25, -0.2) is 0 Å². The highest BCUT2D eigenvalue weighted by atomic mass is 16.5. The van der Waals surface area contributed by atoms with Gasteiger partial charge in [0.1, 0.15) is 11.4 Å². The molecule has 0 aromatic heterocycles. The molecule has 2 unspecified atom stereocenters. The van der Waals surface area contributed by atoms with E-state index in [0.29, 0.717) is 5.92 Å².